The number of rotatable bonds is 5. The van der Waals surface area contributed by atoms with Crippen LogP contribution in [0, 0.1) is 0 Å². The Bertz CT molecular complexity index is 581. The van der Waals surface area contributed by atoms with Gasteiger partial charge in [0.15, 0.2) is 0 Å². The highest BCUT2D eigenvalue weighted by atomic mass is 16.5. The van der Waals surface area contributed by atoms with E-state index in [1.807, 2.05) is 0 Å². The van der Waals surface area contributed by atoms with Gasteiger partial charge in [-0.05, 0) is 24.6 Å². The van der Waals surface area contributed by atoms with Gasteiger partial charge in [-0.1, -0.05) is 0 Å². The number of esters is 2. The van der Waals surface area contributed by atoms with Crippen molar-refractivity contribution in [2.24, 2.45) is 0 Å². The predicted molar refractivity (Wildman–Crippen MR) is 75.5 cm³/mol. The molecule has 0 unspecified atom stereocenters. The van der Waals surface area contributed by atoms with E-state index < -0.39 is 11.9 Å². The van der Waals surface area contributed by atoms with Crippen LogP contribution in [0.5, 0.6) is 0 Å². The maximum atomic E-state index is 11.7. The van der Waals surface area contributed by atoms with Crippen LogP contribution in [0.3, 0.4) is 0 Å². The zero-order valence-electron chi connectivity index (χ0n) is 12.0. The molecule has 1 heterocycles. The number of pyridine rings is 1. The second-order valence-corrected chi connectivity index (χ2v) is 3.92. The van der Waals surface area contributed by atoms with Crippen LogP contribution in [0.2, 0.25) is 0 Å². The summed E-state index contributed by atoms with van der Waals surface area (Å²) in [7, 11) is 1.22. The molecule has 112 valence electrons. The first-order valence-electron chi connectivity index (χ1n) is 6.18. The second-order valence-electron chi connectivity index (χ2n) is 3.92. The van der Waals surface area contributed by atoms with Crippen molar-refractivity contribution in [2.45, 2.75) is 13.8 Å². The first-order valence-corrected chi connectivity index (χ1v) is 6.18. The van der Waals surface area contributed by atoms with Crippen LogP contribution in [0.15, 0.2) is 18.3 Å². The first kappa shape index (κ1) is 16.4. The van der Waals surface area contributed by atoms with Crippen LogP contribution < -0.4 is 5.32 Å². The molecule has 0 bridgehead atoms. The summed E-state index contributed by atoms with van der Waals surface area (Å²) < 4.78 is 9.38. The molecule has 0 saturated carbocycles. The predicted octanol–water partition coefficient (Wildman–Crippen LogP) is 1.40. The zero-order valence-corrected chi connectivity index (χ0v) is 12.0. The molecule has 0 aromatic carbocycles. The molecule has 1 N–H and O–H groups in total. The highest BCUT2D eigenvalue weighted by Gasteiger charge is 2.14. The summed E-state index contributed by atoms with van der Waals surface area (Å²) >= 11 is 0. The van der Waals surface area contributed by atoms with Gasteiger partial charge < -0.3 is 14.8 Å². The summed E-state index contributed by atoms with van der Waals surface area (Å²) in [6.07, 6.45) is 4.09. The molecule has 0 spiro atoms. The van der Waals surface area contributed by atoms with E-state index in [9.17, 15) is 14.4 Å². The van der Waals surface area contributed by atoms with Gasteiger partial charge in [-0.25, -0.2) is 14.6 Å². The third kappa shape index (κ3) is 5.06. The lowest BCUT2D eigenvalue weighted by atomic mass is 10.1. The summed E-state index contributed by atoms with van der Waals surface area (Å²) in [6.45, 7) is 3.28. The SMILES string of the molecule is CCOC(=O)/C=C/c1cnc(NC(C)=O)c(C(=O)OC)c1. The normalized spacial score (nSPS) is 10.2. The Hall–Kier alpha value is -2.70. The Morgan fingerprint density at radius 1 is 1.38 bits per heavy atom. The summed E-state index contributed by atoms with van der Waals surface area (Å²) in [4.78, 5) is 38.0. The number of nitrogens with zero attached hydrogens (tertiary/aromatic N) is 1. The van der Waals surface area contributed by atoms with Crippen molar-refractivity contribution in [3.05, 3.63) is 29.5 Å². The van der Waals surface area contributed by atoms with Crippen molar-refractivity contribution >= 4 is 29.7 Å². The fourth-order valence-corrected chi connectivity index (χ4v) is 1.46. The lowest BCUT2D eigenvalue weighted by Crippen LogP contribution is -2.13. The molecule has 1 aromatic rings. The van der Waals surface area contributed by atoms with Crippen molar-refractivity contribution in [3.8, 4) is 0 Å². The van der Waals surface area contributed by atoms with E-state index >= 15 is 0 Å². The Morgan fingerprint density at radius 2 is 2.10 bits per heavy atom. The molecule has 1 amide bonds. The van der Waals surface area contributed by atoms with E-state index in [2.05, 4.69) is 15.0 Å². The zero-order chi connectivity index (χ0) is 15.8. The van der Waals surface area contributed by atoms with E-state index in [1.165, 1.54) is 38.4 Å². The average molecular weight is 292 g/mol. The minimum atomic E-state index is -0.641. The molecule has 0 aliphatic heterocycles. The summed E-state index contributed by atoms with van der Waals surface area (Å²) in [5.41, 5.74) is 0.594. The van der Waals surface area contributed by atoms with Gasteiger partial charge >= 0.3 is 11.9 Å². The van der Waals surface area contributed by atoms with E-state index in [0.717, 1.165) is 0 Å². The molecule has 0 aliphatic rings. The van der Waals surface area contributed by atoms with Crippen molar-refractivity contribution < 1.29 is 23.9 Å². The Kier molecular flexibility index (Phi) is 6.06. The molecule has 0 atom stereocenters. The number of anilines is 1. The van der Waals surface area contributed by atoms with Crippen LogP contribution in [0.4, 0.5) is 5.82 Å². The van der Waals surface area contributed by atoms with Crippen molar-refractivity contribution in [1.82, 2.24) is 4.98 Å². The molecule has 7 nitrogen and oxygen atoms in total. The number of carbonyl (C=O) groups excluding carboxylic acids is 3. The number of amides is 1. The summed E-state index contributed by atoms with van der Waals surface area (Å²) in [5.74, 6) is -1.40. The summed E-state index contributed by atoms with van der Waals surface area (Å²) in [6, 6.07) is 1.46. The summed E-state index contributed by atoms with van der Waals surface area (Å²) in [5, 5.41) is 2.43. The number of hydrogen-bond acceptors (Lipinski definition) is 6. The fraction of sp³-hybridized carbons (Fsp3) is 0.286. The Morgan fingerprint density at radius 3 is 2.67 bits per heavy atom. The highest BCUT2D eigenvalue weighted by Crippen LogP contribution is 2.16. The van der Waals surface area contributed by atoms with Gasteiger partial charge in [-0.2, -0.15) is 0 Å². The monoisotopic (exact) mass is 292 g/mol. The molecule has 1 rings (SSSR count). The van der Waals surface area contributed by atoms with Crippen molar-refractivity contribution in [3.63, 3.8) is 0 Å². The number of carbonyl (C=O) groups is 3. The smallest absolute Gasteiger partial charge is 0.341 e. The maximum absolute atomic E-state index is 11.7. The molecule has 1 aromatic heterocycles. The lowest BCUT2D eigenvalue weighted by molar-refractivity contribution is -0.137. The Labute approximate surface area is 122 Å². The third-order valence-corrected chi connectivity index (χ3v) is 2.31. The molecule has 21 heavy (non-hydrogen) atoms. The molecule has 0 aliphatic carbocycles. The van der Waals surface area contributed by atoms with Gasteiger partial charge in [0.1, 0.15) is 11.4 Å². The quantitative estimate of drug-likeness (QED) is 0.651. The number of aromatic nitrogens is 1. The van der Waals surface area contributed by atoms with Gasteiger partial charge in [0, 0.05) is 19.2 Å². The van der Waals surface area contributed by atoms with Crippen LogP contribution in [0.1, 0.15) is 29.8 Å². The van der Waals surface area contributed by atoms with E-state index in [1.54, 1.807) is 6.92 Å². The Balaban J connectivity index is 3.06. The van der Waals surface area contributed by atoms with Crippen LogP contribution >= 0.6 is 0 Å². The number of hydrogen-bond donors (Lipinski definition) is 1. The van der Waals surface area contributed by atoms with Gasteiger partial charge in [0.25, 0.3) is 0 Å². The van der Waals surface area contributed by atoms with Gasteiger partial charge in [0.05, 0.1) is 13.7 Å². The lowest BCUT2D eigenvalue weighted by Gasteiger charge is -2.08. The standard InChI is InChI=1S/C14H16N2O5/c1-4-21-12(18)6-5-10-7-11(14(19)20-3)13(15-8-10)16-9(2)17/h5-8H,4H2,1-3H3,(H,15,16,17)/b6-5+. The molecule has 7 heteroatoms. The number of methoxy groups -OCH3 is 1. The maximum Gasteiger partial charge on any atom is 0.341 e. The minimum Gasteiger partial charge on any atom is -0.465 e. The van der Waals surface area contributed by atoms with Crippen molar-refractivity contribution in [2.75, 3.05) is 19.0 Å². The van der Waals surface area contributed by atoms with E-state index in [4.69, 9.17) is 4.74 Å². The third-order valence-electron chi connectivity index (χ3n) is 2.31. The molecule has 0 fully saturated rings. The number of nitrogens with one attached hydrogen (secondary N) is 1. The minimum absolute atomic E-state index is 0.0960. The highest BCUT2D eigenvalue weighted by molar-refractivity contribution is 6.00. The first-order chi connectivity index (χ1) is 9.97. The van der Waals surface area contributed by atoms with Crippen LogP contribution in [0.25, 0.3) is 6.08 Å². The largest absolute Gasteiger partial charge is 0.465 e. The van der Waals surface area contributed by atoms with Gasteiger partial charge in [0.2, 0.25) is 5.91 Å². The van der Waals surface area contributed by atoms with Crippen LogP contribution in [-0.4, -0.2) is 36.5 Å². The van der Waals surface area contributed by atoms with Crippen LogP contribution in [-0.2, 0) is 19.1 Å². The molecule has 0 saturated heterocycles. The van der Waals surface area contributed by atoms with E-state index in [0.29, 0.717) is 5.56 Å². The number of ether oxygens (including phenoxy) is 2. The van der Waals surface area contributed by atoms with Gasteiger partial charge in [-0.3, -0.25) is 4.79 Å². The van der Waals surface area contributed by atoms with Gasteiger partial charge in [-0.15, -0.1) is 0 Å². The second kappa shape index (κ2) is 7.78. The van der Waals surface area contributed by atoms with Crippen molar-refractivity contribution in [1.29, 1.82) is 0 Å². The average Bonchev–Trinajstić information content (AvgIpc) is 2.45. The molecular formula is C14H16N2O5. The van der Waals surface area contributed by atoms with E-state index in [-0.39, 0.29) is 23.9 Å². The fourth-order valence-electron chi connectivity index (χ4n) is 1.46. The molecule has 0 radical (unpaired) electrons. The molecular weight excluding hydrogens is 276 g/mol. The topological polar surface area (TPSA) is 94.6 Å².